The predicted octanol–water partition coefficient (Wildman–Crippen LogP) is 2.22. The summed E-state index contributed by atoms with van der Waals surface area (Å²) >= 11 is 8.95. The Bertz CT molecular complexity index is 293. The van der Waals surface area contributed by atoms with Gasteiger partial charge in [-0.15, -0.1) is 0 Å². The SMILES string of the molecule is C[C@@H](N)COc1cnc(Cl)c(Br)c1. The fourth-order valence-electron chi connectivity index (χ4n) is 0.710. The van der Waals surface area contributed by atoms with Crippen molar-refractivity contribution in [2.24, 2.45) is 5.73 Å². The molecule has 1 aromatic heterocycles. The third kappa shape index (κ3) is 3.50. The van der Waals surface area contributed by atoms with Crippen LogP contribution in [0, 0.1) is 0 Å². The number of nitrogens with two attached hydrogens (primary N) is 1. The quantitative estimate of drug-likeness (QED) is 0.853. The van der Waals surface area contributed by atoms with Crippen molar-refractivity contribution in [1.82, 2.24) is 4.98 Å². The molecule has 2 N–H and O–H groups in total. The summed E-state index contributed by atoms with van der Waals surface area (Å²) in [7, 11) is 0. The summed E-state index contributed by atoms with van der Waals surface area (Å²) in [5.41, 5.74) is 5.53. The molecule has 0 aliphatic carbocycles. The van der Waals surface area contributed by atoms with Crippen LogP contribution in [0.1, 0.15) is 6.92 Å². The van der Waals surface area contributed by atoms with Gasteiger partial charge in [-0.05, 0) is 28.9 Å². The van der Waals surface area contributed by atoms with Crippen LogP contribution < -0.4 is 10.5 Å². The lowest BCUT2D eigenvalue weighted by molar-refractivity contribution is 0.295. The number of aromatic nitrogens is 1. The van der Waals surface area contributed by atoms with Crippen molar-refractivity contribution < 1.29 is 4.74 Å². The standard InChI is InChI=1S/C8H10BrClN2O/c1-5(11)4-13-6-2-7(9)8(10)12-3-6/h2-3,5H,4,11H2,1H3/t5-/m1/s1. The minimum Gasteiger partial charge on any atom is -0.490 e. The molecular weight excluding hydrogens is 255 g/mol. The van der Waals surface area contributed by atoms with E-state index < -0.39 is 0 Å². The maximum atomic E-state index is 5.71. The molecule has 0 amide bonds. The summed E-state index contributed by atoms with van der Waals surface area (Å²) in [6, 6.07) is 1.77. The number of ether oxygens (including phenoxy) is 1. The lowest BCUT2D eigenvalue weighted by Crippen LogP contribution is -2.23. The Balaban J connectivity index is 2.63. The molecule has 1 rings (SSSR count). The monoisotopic (exact) mass is 264 g/mol. The van der Waals surface area contributed by atoms with Gasteiger partial charge in [-0.3, -0.25) is 0 Å². The summed E-state index contributed by atoms with van der Waals surface area (Å²) in [5, 5.41) is 0.424. The zero-order valence-corrected chi connectivity index (χ0v) is 9.47. The highest BCUT2D eigenvalue weighted by Crippen LogP contribution is 2.23. The maximum Gasteiger partial charge on any atom is 0.143 e. The van der Waals surface area contributed by atoms with Crippen LogP contribution in [0.2, 0.25) is 5.15 Å². The molecule has 0 saturated heterocycles. The van der Waals surface area contributed by atoms with Gasteiger partial charge in [-0.1, -0.05) is 11.6 Å². The number of nitrogens with zero attached hydrogens (tertiary/aromatic N) is 1. The summed E-state index contributed by atoms with van der Waals surface area (Å²) in [6.45, 7) is 2.34. The van der Waals surface area contributed by atoms with E-state index in [1.54, 1.807) is 12.3 Å². The molecule has 0 radical (unpaired) electrons. The number of rotatable bonds is 3. The Labute approximate surface area is 90.4 Å². The summed E-state index contributed by atoms with van der Waals surface area (Å²) < 4.78 is 6.05. The largest absolute Gasteiger partial charge is 0.490 e. The summed E-state index contributed by atoms with van der Waals surface area (Å²) in [6.07, 6.45) is 1.56. The molecule has 5 heteroatoms. The first kappa shape index (κ1) is 10.8. The highest BCUT2D eigenvalue weighted by atomic mass is 79.9. The molecular formula is C8H10BrClN2O. The Hall–Kier alpha value is -0.320. The van der Waals surface area contributed by atoms with Crippen LogP contribution in [-0.2, 0) is 0 Å². The second-order valence-electron chi connectivity index (χ2n) is 2.73. The van der Waals surface area contributed by atoms with E-state index in [9.17, 15) is 0 Å². The van der Waals surface area contributed by atoms with Gasteiger partial charge in [0.25, 0.3) is 0 Å². The van der Waals surface area contributed by atoms with E-state index in [-0.39, 0.29) is 6.04 Å². The van der Waals surface area contributed by atoms with E-state index in [1.807, 2.05) is 6.92 Å². The molecule has 0 unspecified atom stereocenters. The van der Waals surface area contributed by atoms with Crippen LogP contribution in [0.5, 0.6) is 5.75 Å². The van der Waals surface area contributed by atoms with Gasteiger partial charge in [-0.2, -0.15) is 0 Å². The zero-order valence-electron chi connectivity index (χ0n) is 7.13. The van der Waals surface area contributed by atoms with Crippen molar-refractivity contribution in [2.75, 3.05) is 6.61 Å². The van der Waals surface area contributed by atoms with Crippen LogP contribution in [0.4, 0.5) is 0 Å². The molecule has 0 aliphatic heterocycles. The summed E-state index contributed by atoms with van der Waals surface area (Å²) in [5.74, 6) is 0.661. The first-order valence-corrected chi connectivity index (χ1v) is 4.96. The predicted molar refractivity (Wildman–Crippen MR) is 56.1 cm³/mol. The lowest BCUT2D eigenvalue weighted by Gasteiger charge is -2.08. The Morgan fingerprint density at radius 2 is 2.46 bits per heavy atom. The molecule has 13 heavy (non-hydrogen) atoms. The zero-order chi connectivity index (χ0) is 9.84. The topological polar surface area (TPSA) is 48.1 Å². The van der Waals surface area contributed by atoms with Gasteiger partial charge in [0.15, 0.2) is 0 Å². The van der Waals surface area contributed by atoms with Gasteiger partial charge in [0.05, 0.1) is 10.7 Å². The van der Waals surface area contributed by atoms with Gasteiger partial charge >= 0.3 is 0 Å². The van der Waals surface area contributed by atoms with Crippen molar-refractivity contribution in [3.63, 3.8) is 0 Å². The van der Waals surface area contributed by atoms with E-state index in [0.29, 0.717) is 17.5 Å². The van der Waals surface area contributed by atoms with Crippen molar-refractivity contribution in [2.45, 2.75) is 13.0 Å². The average molecular weight is 266 g/mol. The third-order valence-corrected chi connectivity index (χ3v) is 2.42. The van der Waals surface area contributed by atoms with Crippen LogP contribution in [0.15, 0.2) is 16.7 Å². The van der Waals surface area contributed by atoms with E-state index in [4.69, 9.17) is 22.1 Å². The van der Waals surface area contributed by atoms with Crippen LogP contribution >= 0.6 is 27.5 Å². The molecule has 0 spiro atoms. The van der Waals surface area contributed by atoms with Gasteiger partial charge in [0.1, 0.15) is 17.5 Å². The van der Waals surface area contributed by atoms with E-state index in [1.165, 1.54) is 0 Å². The van der Waals surface area contributed by atoms with Crippen LogP contribution in [0.3, 0.4) is 0 Å². The second-order valence-corrected chi connectivity index (χ2v) is 3.94. The van der Waals surface area contributed by atoms with Gasteiger partial charge in [-0.25, -0.2) is 4.98 Å². The number of hydrogen-bond acceptors (Lipinski definition) is 3. The number of halogens is 2. The minimum atomic E-state index is 0.00875. The molecule has 3 nitrogen and oxygen atoms in total. The molecule has 1 atom stereocenters. The number of hydrogen-bond donors (Lipinski definition) is 1. The molecule has 0 bridgehead atoms. The summed E-state index contributed by atoms with van der Waals surface area (Å²) in [4.78, 5) is 3.91. The highest BCUT2D eigenvalue weighted by Gasteiger charge is 2.02. The second kappa shape index (κ2) is 4.79. The first-order valence-electron chi connectivity index (χ1n) is 3.79. The fraction of sp³-hybridized carbons (Fsp3) is 0.375. The van der Waals surface area contributed by atoms with Gasteiger partial charge in [0.2, 0.25) is 0 Å². The highest BCUT2D eigenvalue weighted by molar-refractivity contribution is 9.10. The molecule has 1 heterocycles. The molecule has 0 aromatic carbocycles. The Morgan fingerprint density at radius 3 is 3.00 bits per heavy atom. The molecule has 0 aliphatic rings. The fourth-order valence-corrected chi connectivity index (χ4v) is 1.14. The van der Waals surface area contributed by atoms with Crippen LogP contribution in [-0.4, -0.2) is 17.6 Å². The normalized spacial score (nSPS) is 12.6. The Morgan fingerprint density at radius 1 is 1.77 bits per heavy atom. The van der Waals surface area contributed by atoms with Gasteiger partial charge < -0.3 is 10.5 Å². The van der Waals surface area contributed by atoms with Gasteiger partial charge in [0, 0.05) is 6.04 Å². The smallest absolute Gasteiger partial charge is 0.143 e. The molecule has 1 aromatic rings. The van der Waals surface area contributed by atoms with Crippen molar-refractivity contribution in [3.05, 3.63) is 21.9 Å². The third-order valence-electron chi connectivity index (χ3n) is 1.28. The van der Waals surface area contributed by atoms with Crippen molar-refractivity contribution >= 4 is 27.5 Å². The number of pyridine rings is 1. The van der Waals surface area contributed by atoms with E-state index >= 15 is 0 Å². The molecule has 0 saturated carbocycles. The van der Waals surface area contributed by atoms with E-state index in [2.05, 4.69) is 20.9 Å². The van der Waals surface area contributed by atoms with E-state index in [0.717, 1.165) is 4.47 Å². The minimum absolute atomic E-state index is 0.00875. The van der Waals surface area contributed by atoms with Crippen LogP contribution in [0.25, 0.3) is 0 Å². The molecule has 0 fully saturated rings. The lowest BCUT2D eigenvalue weighted by atomic mass is 10.4. The average Bonchev–Trinajstić information content (AvgIpc) is 2.07. The molecule has 72 valence electrons. The Kier molecular flexibility index (Phi) is 3.96. The van der Waals surface area contributed by atoms with Crippen molar-refractivity contribution in [1.29, 1.82) is 0 Å². The first-order chi connectivity index (χ1) is 6.09. The van der Waals surface area contributed by atoms with Crippen molar-refractivity contribution in [3.8, 4) is 5.75 Å². The maximum absolute atomic E-state index is 5.71.